The van der Waals surface area contributed by atoms with Crippen LogP contribution in [0.5, 0.6) is 0 Å². The van der Waals surface area contributed by atoms with Crippen LogP contribution in [0.2, 0.25) is 0 Å². The highest BCUT2D eigenvalue weighted by Crippen LogP contribution is 2.16. The second kappa shape index (κ2) is 9.64. The first kappa shape index (κ1) is 14.7. The highest BCUT2D eigenvalue weighted by atomic mass is 79.9. The zero-order valence-electron chi connectivity index (χ0n) is 10.9. The van der Waals surface area contributed by atoms with Crippen molar-refractivity contribution < 1.29 is 0 Å². The second-order valence-corrected chi connectivity index (χ2v) is 5.51. The Kier molecular flexibility index (Phi) is 8.33. The Morgan fingerprint density at radius 1 is 1.00 bits per heavy atom. The van der Waals surface area contributed by atoms with Gasteiger partial charge in [0, 0.05) is 10.7 Å². The van der Waals surface area contributed by atoms with E-state index in [9.17, 15) is 0 Å². The first-order chi connectivity index (χ1) is 8.34. The van der Waals surface area contributed by atoms with Crippen LogP contribution in [0.15, 0.2) is 22.8 Å². The molecule has 0 aliphatic carbocycles. The number of pyridine rings is 1. The minimum Gasteiger partial charge on any atom is -0.260 e. The van der Waals surface area contributed by atoms with Gasteiger partial charge in [-0.3, -0.25) is 4.98 Å². The first-order valence-corrected chi connectivity index (χ1v) is 7.73. The van der Waals surface area contributed by atoms with E-state index in [0.717, 1.165) is 10.9 Å². The van der Waals surface area contributed by atoms with Gasteiger partial charge >= 0.3 is 0 Å². The Morgan fingerprint density at radius 3 is 2.29 bits per heavy atom. The average Bonchev–Trinajstić information content (AvgIpc) is 2.35. The van der Waals surface area contributed by atoms with Crippen LogP contribution in [-0.4, -0.2) is 4.98 Å². The summed E-state index contributed by atoms with van der Waals surface area (Å²) >= 11 is 3.55. The third-order valence-electron chi connectivity index (χ3n) is 3.10. The van der Waals surface area contributed by atoms with Crippen LogP contribution in [0.25, 0.3) is 0 Å². The van der Waals surface area contributed by atoms with Crippen LogP contribution in [-0.2, 0) is 6.42 Å². The molecule has 0 spiro atoms. The SMILES string of the molecule is CCCCCCCCCCc1ncccc1Br. The molecule has 17 heavy (non-hydrogen) atoms. The van der Waals surface area contributed by atoms with Gasteiger partial charge in [0.1, 0.15) is 0 Å². The molecular weight excluding hydrogens is 274 g/mol. The Morgan fingerprint density at radius 2 is 1.65 bits per heavy atom. The van der Waals surface area contributed by atoms with E-state index < -0.39 is 0 Å². The molecule has 0 unspecified atom stereocenters. The van der Waals surface area contributed by atoms with E-state index in [1.54, 1.807) is 0 Å². The van der Waals surface area contributed by atoms with E-state index in [0.29, 0.717) is 0 Å². The zero-order valence-corrected chi connectivity index (χ0v) is 12.5. The van der Waals surface area contributed by atoms with Crippen molar-refractivity contribution in [2.45, 2.75) is 64.7 Å². The van der Waals surface area contributed by atoms with Crippen LogP contribution >= 0.6 is 15.9 Å². The average molecular weight is 298 g/mol. The van der Waals surface area contributed by atoms with Crippen molar-refractivity contribution >= 4 is 15.9 Å². The molecule has 0 fully saturated rings. The molecule has 0 aliphatic rings. The number of halogens is 1. The number of rotatable bonds is 9. The zero-order chi connectivity index (χ0) is 12.3. The van der Waals surface area contributed by atoms with Crippen molar-refractivity contribution in [1.82, 2.24) is 4.98 Å². The van der Waals surface area contributed by atoms with E-state index in [-0.39, 0.29) is 0 Å². The predicted molar refractivity (Wildman–Crippen MR) is 78.3 cm³/mol. The molecule has 96 valence electrons. The standard InChI is InChI=1S/C15H24BrN/c1-2-3-4-5-6-7-8-9-12-15-14(16)11-10-13-17-15/h10-11,13H,2-9,12H2,1H3. The van der Waals surface area contributed by atoms with E-state index in [2.05, 4.69) is 33.9 Å². The molecule has 1 aromatic heterocycles. The molecule has 0 atom stereocenters. The molecule has 0 radical (unpaired) electrons. The number of hydrogen-bond acceptors (Lipinski definition) is 1. The normalized spacial score (nSPS) is 10.7. The summed E-state index contributed by atoms with van der Waals surface area (Å²) in [5.74, 6) is 0. The minimum absolute atomic E-state index is 1.11. The van der Waals surface area contributed by atoms with Gasteiger partial charge in [0.2, 0.25) is 0 Å². The summed E-state index contributed by atoms with van der Waals surface area (Å²) in [7, 11) is 0. The Bertz CT molecular complexity index is 299. The van der Waals surface area contributed by atoms with Crippen LogP contribution in [0.3, 0.4) is 0 Å². The third kappa shape index (κ3) is 6.82. The predicted octanol–water partition coefficient (Wildman–Crippen LogP) is 5.53. The van der Waals surface area contributed by atoms with Gasteiger partial charge in [0.05, 0.1) is 5.69 Å². The minimum atomic E-state index is 1.11. The van der Waals surface area contributed by atoms with E-state index in [1.165, 1.54) is 57.1 Å². The van der Waals surface area contributed by atoms with Crippen molar-refractivity contribution in [2.75, 3.05) is 0 Å². The molecule has 0 N–H and O–H groups in total. The van der Waals surface area contributed by atoms with Gasteiger partial charge in [-0.25, -0.2) is 0 Å². The van der Waals surface area contributed by atoms with Crippen LogP contribution < -0.4 is 0 Å². The van der Waals surface area contributed by atoms with Crippen LogP contribution in [0.1, 0.15) is 64.0 Å². The van der Waals surface area contributed by atoms with Gasteiger partial charge in [-0.05, 0) is 40.9 Å². The third-order valence-corrected chi connectivity index (χ3v) is 3.82. The summed E-state index contributed by atoms with van der Waals surface area (Å²) in [5.41, 5.74) is 1.21. The fourth-order valence-corrected chi connectivity index (χ4v) is 2.48. The van der Waals surface area contributed by atoms with Crippen molar-refractivity contribution in [3.8, 4) is 0 Å². The second-order valence-electron chi connectivity index (χ2n) is 4.66. The van der Waals surface area contributed by atoms with Crippen LogP contribution in [0, 0.1) is 0 Å². The summed E-state index contributed by atoms with van der Waals surface area (Å²) < 4.78 is 1.16. The van der Waals surface area contributed by atoms with Crippen molar-refractivity contribution in [2.24, 2.45) is 0 Å². The summed E-state index contributed by atoms with van der Waals surface area (Å²) in [4.78, 5) is 4.39. The monoisotopic (exact) mass is 297 g/mol. The number of unbranched alkanes of at least 4 members (excludes halogenated alkanes) is 7. The molecule has 0 aromatic carbocycles. The Labute approximate surface area is 114 Å². The summed E-state index contributed by atoms with van der Waals surface area (Å²) in [6.45, 7) is 2.27. The Balaban J connectivity index is 1.99. The lowest BCUT2D eigenvalue weighted by Crippen LogP contribution is -1.91. The molecular formula is C15H24BrN. The lowest BCUT2D eigenvalue weighted by molar-refractivity contribution is 0.573. The molecule has 1 aromatic rings. The maximum absolute atomic E-state index is 4.39. The van der Waals surface area contributed by atoms with Gasteiger partial charge in [-0.2, -0.15) is 0 Å². The quantitative estimate of drug-likeness (QED) is 0.546. The molecule has 0 amide bonds. The van der Waals surface area contributed by atoms with E-state index in [4.69, 9.17) is 0 Å². The fraction of sp³-hybridized carbons (Fsp3) is 0.667. The largest absolute Gasteiger partial charge is 0.260 e. The number of hydrogen-bond donors (Lipinski definition) is 0. The number of aromatic nitrogens is 1. The molecule has 1 rings (SSSR count). The molecule has 0 saturated carbocycles. The van der Waals surface area contributed by atoms with E-state index >= 15 is 0 Å². The molecule has 0 saturated heterocycles. The fourth-order valence-electron chi connectivity index (χ4n) is 2.03. The first-order valence-electron chi connectivity index (χ1n) is 6.94. The summed E-state index contributed by atoms with van der Waals surface area (Å²) in [5, 5.41) is 0. The maximum Gasteiger partial charge on any atom is 0.0545 e. The molecule has 1 nitrogen and oxygen atoms in total. The van der Waals surface area contributed by atoms with Gasteiger partial charge < -0.3 is 0 Å². The number of aryl methyl sites for hydroxylation is 1. The molecule has 1 heterocycles. The lowest BCUT2D eigenvalue weighted by atomic mass is 10.1. The van der Waals surface area contributed by atoms with Gasteiger partial charge in [0.25, 0.3) is 0 Å². The molecule has 0 bridgehead atoms. The molecule has 2 heteroatoms. The summed E-state index contributed by atoms with van der Waals surface area (Å²) in [6, 6.07) is 4.05. The van der Waals surface area contributed by atoms with Crippen molar-refractivity contribution in [1.29, 1.82) is 0 Å². The highest BCUT2D eigenvalue weighted by molar-refractivity contribution is 9.10. The van der Waals surface area contributed by atoms with Gasteiger partial charge in [0.15, 0.2) is 0 Å². The topological polar surface area (TPSA) is 12.9 Å². The van der Waals surface area contributed by atoms with Crippen molar-refractivity contribution in [3.05, 3.63) is 28.5 Å². The Hall–Kier alpha value is -0.370. The highest BCUT2D eigenvalue weighted by Gasteiger charge is 1.99. The molecule has 0 aliphatic heterocycles. The number of nitrogens with zero attached hydrogens (tertiary/aromatic N) is 1. The summed E-state index contributed by atoms with van der Waals surface area (Å²) in [6.07, 6.45) is 14.0. The smallest absolute Gasteiger partial charge is 0.0545 e. The van der Waals surface area contributed by atoms with Gasteiger partial charge in [-0.1, -0.05) is 51.9 Å². The van der Waals surface area contributed by atoms with Crippen molar-refractivity contribution in [3.63, 3.8) is 0 Å². The van der Waals surface area contributed by atoms with Crippen LogP contribution in [0.4, 0.5) is 0 Å². The maximum atomic E-state index is 4.39. The lowest BCUT2D eigenvalue weighted by Gasteiger charge is -2.03. The van der Waals surface area contributed by atoms with E-state index in [1.807, 2.05) is 12.3 Å². The van der Waals surface area contributed by atoms with Gasteiger partial charge in [-0.15, -0.1) is 0 Å².